The topological polar surface area (TPSA) is 53.6 Å². The van der Waals surface area contributed by atoms with Crippen molar-refractivity contribution in [1.29, 1.82) is 0 Å². The van der Waals surface area contributed by atoms with Gasteiger partial charge in [-0.15, -0.1) is 0 Å². The standard InChI is InChI=1S/C16H26N4/c1-4-13-5-7-14(8-6-13)19-16(17)18-11-12(2)20(3)15-9-10-15/h5-8,12,15H,4,9-11H2,1-3H3,(H3,17,18,19). The molecule has 1 aliphatic carbocycles. The number of guanidine groups is 1. The van der Waals surface area contributed by atoms with Crippen molar-refractivity contribution < 1.29 is 0 Å². The highest BCUT2D eigenvalue weighted by atomic mass is 15.2. The summed E-state index contributed by atoms with van der Waals surface area (Å²) in [6.07, 6.45) is 3.69. The average molecular weight is 274 g/mol. The maximum atomic E-state index is 5.94. The third-order valence-electron chi connectivity index (χ3n) is 3.98. The predicted molar refractivity (Wildman–Crippen MR) is 86.2 cm³/mol. The molecule has 0 bridgehead atoms. The molecule has 1 saturated carbocycles. The van der Waals surface area contributed by atoms with Crippen LogP contribution in [0.3, 0.4) is 0 Å². The fraction of sp³-hybridized carbons (Fsp3) is 0.562. The zero-order chi connectivity index (χ0) is 14.5. The fourth-order valence-electron chi connectivity index (χ4n) is 2.21. The third-order valence-corrected chi connectivity index (χ3v) is 3.98. The minimum Gasteiger partial charge on any atom is -0.370 e. The highest BCUT2D eigenvalue weighted by Crippen LogP contribution is 2.26. The number of nitrogens with two attached hydrogens (primary N) is 1. The van der Waals surface area contributed by atoms with Gasteiger partial charge in [0.1, 0.15) is 0 Å². The van der Waals surface area contributed by atoms with Crippen LogP contribution in [0.1, 0.15) is 32.3 Å². The van der Waals surface area contributed by atoms with Crippen LogP contribution in [0.5, 0.6) is 0 Å². The Bertz CT molecular complexity index is 448. The molecule has 20 heavy (non-hydrogen) atoms. The lowest BCUT2D eigenvalue weighted by molar-refractivity contribution is 0.253. The second-order valence-corrected chi connectivity index (χ2v) is 5.65. The van der Waals surface area contributed by atoms with Crippen LogP contribution < -0.4 is 11.1 Å². The van der Waals surface area contributed by atoms with E-state index in [1.807, 2.05) is 12.1 Å². The number of aryl methyl sites for hydroxylation is 1. The lowest BCUT2D eigenvalue weighted by atomic mass is 10.1. The minimum atomic E-state index is 0.435. The lowest BCUT2D eigenvalue weighted by Crippen LogP contribution is -2.34. The van der Waals surface area contributed by atoms with Gasteiger partial charge in [-0.05, 0) is 50.9 Å². The summed E-state index contributed by atoms with van der Waals surface area (Å²) in [5.74, 6) is 0.491. The summed E-state index contributed by atoms with van der Waals surface area (Å²) in [5, 5.41) is 3.14. The number of hydrogen-bond acceptors (Lipinski definition) is 2. The summed E-state index contributed by atoms with van der Waals surface area (Å²) in [6, 6.07) is 9.50. The first-order chi connectivity index (χ1) is 9.60. The van der Waals surface area contributed by atoms with Gasteiger partial charge >= 0.3 is 0 Å². The number of rotatable bonds is 6. The van der Waals surface area contributed by atoms with Crippen LogP contribution in [-0.4, -0.2) is 36.5 Å². The fourth-order valence-corrected chi connectivity index (χ4v) is 2.21. The van der Waals surface area contributed by atoms with E-state index in [1.54, 1.807) is 0 Å². The first-order valence-electron chi connectivity index (χ1n) is 7.48. The van der Waals surface area contributed by atoms with E-state index in [0.29, 0.717) is 12.0 Å². The molecular formula is C16H26N4. The second-order valence-electron chi connectivity index (χ2n) is 5.65. The number of hydrogen-bond donors (Lipinski definition) is 2. The van der Waals surface area contributed by atoms with Crippen LogP contribution in [0.4, 0.5) is 5.69 Å². The SMILES string of the molecule is CCc1ccc(NC(N)=NCC(C)N(C)C2CC2)cc1. The van der Waals surface area contributed by atoms with Gasteiger partial charge in [0.25, 0.3) is 0 Å². The van der Waals surface area contributed by atoms with Crippen LogP contribution in [0, 0.1) is 0 Å². The number of nitrogens with zero attached hydrogens (tertiary/aromatic N) is 2. The molecule has 1 fully saturated rings. The van der Waals surface area contributed by atoms with Gasteiger partial charge in [0.2, 0.25) is 0 Å². The van der Waals surface area contributed by atoms with Crippen LogP contribution in [-0.2, 0) is 6.42 Å². The van der Waals surface area contributed by atoms with E-state index in [4.69, 9.17) is 5.73 Å². The maximum Gasteiger partial charge on any atom is 0.193 e. The highest BCUT2D eigenvalue weighted by Gasteiger charge is 2.28. The van der Waals surface area contributed by atoms with Gasteiger partial charge in [-0.3, -0.25) is 9.89 Å². The molecule has 4 nitrogen and oxygen atoms in total. The van der Waals surface area contributed by atoms with Crippen molar-refractivity contribution in [3.63, 3.8) is 0 Å². The summed E-state index contributed by atoms with van der Waals surface area (Å²) < 4.78 is 0. The molecule has 0 amide bonds. The zero-order valence-corrected chi connectivity index (χ0v) is 12.8. The summed E-state index contributed by atoms with van der Waals surface area (Å²) in [6.45, 7) is 5.08. The highest BCUT2D eigenvalue weighted by molar-refractivity contribution is 5.92. The molecule has 1 atom stereocenters. The third kappa shape index (κ3) is 4.23. The van der Waals surface area contributed by atoms with E-state index in [1.165, 1.54) is 18.4 Å². The summed E-state index contributed by atoms with van der Waals surface area (Å²) >= 11 is 0. The number of nitrogens with one attached hydrogen (secondary N) is 1. The lowest BCUT2D eigenvalue weighted by Gasteiger charge is -2.22. The van der Waals surface area contributed by atoms with Crippen LogP contribution in [0.15, 0.2) is 29.3 Å². The van der Waals surface area contributed by atoms with Gasteiger partial charge < -0.3 is 11.1 Å². The minimum absolute atomic E-state index is 0.435. The van der Waals surface area contributed by atoms with Crippen molar-refractivity contribution >= 4 is 11.6 Å². The first-order valence-corrected chi connectivity index (χ1v) is 7.48. The second kappa shape index (κ2) is 6.75. The Balaban J connectivity index is 1.83. The molecule has 4 heteroatoms. The summed E-state index contributed by atoms with van der Waals surface area (Å²) in [5.41, 5.74) is 8.25. The van der Waals surface area contributed by atoms with Crippen LogP contribution >= 0.6 is 0 Å². The van der Waals surface area contributed by atoms with E-state index >= 15 is 0 Å². The molecule has 0 aromatic heterocycles. The Kier molecular flexibility index (Phi) is 5.01. The van der Waals surface area contributed by atoms with Gasteiger partial charge in [-0.1, -0.05) is 19.1 Å². The molecule has 0 heterocycles. The number of benzene rings is 1. The molecule has 1 aromatic rings. The number of anilines is 1. The van der Waals surface area contributed by atoms with Crippen LogP contribution in [0.2, 0.25) is 0 Å². The molecule has 3 N–H and O–H groups in total. The normalized spacial score (nSPS) is 17.3. The molecule has 2 rings (SSSR count). The van der Waals surface area contributed by atoms with E-state index in [0.717, 1.165) is 24.7 Å². The van der Waals surface area contributed by atoms with E-state index in [-0.39, 0.29) is 0 Å². The van der Waals surface area contributed by atoms with E-state index in [9.17, 15) is 0 Å². The van der Waals surface area contributed by atoms with Crippen molar-refractivity contribution in [3.05, 3.63) is 29.8 Å². The molecule has 0 radical (unpaired) electrons. The Morgan fingerprint density at radius 1 is 1.40 bits per heavy atom. The van der Waals surface area contributed by atoms with Crippen molar-refractivity contribution in [1.82, 2.24) is 4.90 Å². The van der Waals surface area contributed by atoms with Crippen molar-refractivity contribution in [2.75, 3.05) is 18.9 Å². The molecular weight excluding hydrogens is 248 g/mol. The van der Waals surface area contributed by atoms with Gasteiger partial charge in [-0.2, -0.15) is 0 Å². The predicted octanol–water partition coefficient (Wildman–Crippen LogP) is 2.46. The molecule has 1 unspecified atom stereocenters. The van der Waals surface area contributed by atoms with Gasteiger partial charge in [-0.25, -0.2) is 0 Å². The van der Waals surface area contributed by atoms with Gasteiger partial charge in [0, 0.05) is 17.8 Å². The molecule has 1 aliphatic rings. The number of aliphatic imine (C=N–C) groups is 1. The quantitative estimate of drug-likeness (QED) is 0.619. The summed E-state index contributed by atoms with van der Waals surface area (Å²) in [7, 11) is 2.17. The van der Waals surface area contributed by atoms with E-state index in [2.05, 4.69) is 48.2 Å². The van der Waals surface area contributed by atoms with Crippen molar-refractivity contribution in [2.24, 2.45) is 10.7 Å². The van der Waals surface area contributed by atoms with Crippen molar-refractivity contribution in [3.8, 4) is 0 Å². The van der Waals surface area contributed by atoms with Gasteiger partial charge in [0.15, 0.2) is 5.96 Å². The monoisotopic (exact) mass is 274 g/mol. The Morgan fingerprint density at radius 3 is 2.60 bits per heavy atom. The van der Waals surface area contributed by atoms with Crippen molar-refractivity contribution in [2.45, 2.75) is 45.2 Å². The Hall–Kier alpha value is -1.55. The Labute approximate surface area is 122 Å². The number of likely N-dealkylation sites (N-methyl/N-ethyl adjacent to an activating group) is 1. The molecule has 0 saturated heterocycles. The molecule has 1 aromatic carbocycles. The largest absolute Gasteiger partial charge is 0.370 e. The average Bonchev–Trinajstić information content (AvgIpc) is 3.29. The van der Waals surface area contributed by atoms with Crippen LogP contribution in [0.25, 0.3) is 0 Å². The Morgan fingerprint density at radius 2 is 2.05 bits per heavy atom. The van der Waals surface area contributed by atoms with E-state index < -0.39 is 0 Å². The maximum absolute atomic E-state index is 5.94. The first kappa shape index (κ1) is 14.9. The summed E-state index contributed by atoms with van der Waals surface area (Å²) in [4.78, 5) is 6.83. The van der Waals surface area contributed by atoms with Gasteiger partial charge in [0.05, 0.1) is 6.54 Å². The smallest absolute Gasteiger partial charge is 0.193 e. The molecule has 0 aliphatic heterocycles. The zero-order valence-electron chi connectivity index (χ0n) is 12.8. The molecule has 110 valence electrons. The molecule has 0 spiro atoms.